The van der Waals surface area contributed by atoms with Gasteiger partial charge in [-0.2, -0.15) is 5.10 Å². The molecule has 0 spiro atoms. The van der Waals surface area contributed by atoms with Crippen molar-refractivity contribution >= 4 is 11.6 Å². The molecule has 1 aromatic carbocycles. The molecule has 0 aliphatic heterocycles. The van der Waals surface area contributed by atoms with Crippen LogP contribution in [-0.2, 0) is 6.54 Å². The van der Waals surface area contributed by atoms with Crippen LogP contribution < -0.4 is 5.56 Å². The van der Waals surface area contributed by atoms with Gasteiger partial charge >= 0.3 is 0 Å². The fourth-order valence-electron chi connectivity index (χ4n) is 2.71. The Hall–Kier alpha value is -2.54. The number of nitrogens with zero attached hydrogens (tertiary/aromatic N) is 4. The van der Waals surface area contributed by atoms with Crippen molar-refractivity contribution in [3.05, 3.63) is 63.3 Å². The van der Waals surface area contributed by atoms with Crippen LogP contribution in [0.3, 0.4) is 0 Å². The number of hydrogen-bond acceptors (Lipinski definition) is 3. The molecule has 3 aromatic rings. The smallest absolute Gasteiger partial charge is 0.296 e. The second kappa shape index (κ2) is 6.99. The van der Waals surface area contributed by atoms with E-state index in [1.54, 1.807) is 19.2 Å². The van der Waals surface area contributed by atoms with Gasteiger partial charge in [-0.1, -0.05) is 31.5 Å². The van der Waals surface area contributed by atoms with Crippen LogP contribution in [0.2, 0.25) is 5.15 Å². The number of aryl methyl sites for hydroxylation is 1. The van der Waals surface area contributed by atoms with Crippen LogP contribution in [0.25, 0.3) is 17.1 Å². The summed E-state index contributed by atoms with van der Waals surface area (Å²) >= 11 is 6.28. The van der Waals surface area contributed by atoms with Crippen molar-refractivity contribution < 1.29 is 8.78 Å². The highest BCUT2D eigenvalue weighted by atomic mass is 35.5. The van der Waals surface area contributed by atoms with Gasteiger partial charge in [-0.3, -0.25) is 4.79 Å². The number of halogens is 3. The standard InChI is InChI=1S/C18H17ClF2N4O/c1-10(2)9-24-15(14-12(20)5-4-6-13(14)21)16(19)22-17(18(24)26)25-8-7-11(3)23-25/h4-8,10H,9H2,1-3H3. The van der Waals surface area contributed by atoms with Gasteiger partial charge in [-0.25, -0.2) is 18.4 Å². The van der Waals surface area contributed by atoms with Crippen molar-refractivity contribution in [2.24, 2.45) is 5.92 Å². The Morgan fingerprint density at radius 2 is 1.85 bits per heavy atom. The van der Waals surface area contributed by atoms with Gasteiger partial charge in [-0.05, 0) is 31.0 Å². The van der Waals surface area contributed by atoms with Gasteiger partial charge in [-0.15, -0.1) is 0 Å². The van der Waals surface area contributed by atoms with Crippen molar-refractivity contribution in [3.8, 4) is 17.1 Å². The minimum atomic E-state index is -0.812. The van der Waals surface area contributed by atoms with Crippen LogP contribution in [0.4, 0.5) is 8.78 Å². The van der Waals surface area contributed by atoms with Gasteiger partial charge in [0.05, 0.1) is 17.0 Å². The first kappa shape index (κ1) is 18.3. The van der Waals surface area contributed by atoms with Crippen molar-refractivity contribution in [1.82, 2.24) is 19.3 Å². The lowest BCUT2D eigenvalue weighted by Crippen LogP contribution is -2.30. The Kier molecular flexibility index (Phi) is 4.91. The van der Waals surface area contributed by atoms with E-state index >= 15 is 0 Å². The summed E-state index contributed by atoms with van der Waals surface area (Å²) in [6.07, 6.45) is 1.58. The summed E-state index contributed by atoms with van der Waals surface area (Å²) in [6.45, 7) is 5.77. The minimum Gasteiger partial charge on any atom is -0.302 e. The zero-order chi connectivity index (χ0) is 19.0. The lowest BCUT2D eigenvalue weighted by Gasteiger charge is -2.18. The molecule has 2 aromatic heterocycles. The van der Waals surface area contributed by atoms with Gasteiger partial charge in [0.15, 0.2) is 5.15 Å². The summed E-state index contributed by atoms with van der Waals surface area (Å²) in [5.74, 6) is -1.61. The van der Waals surface area contributed by atoms with Crippen LogP contribution >= 0.6 is 11.6 Å². The molecule has 3 rings (SSSR count). The SMILES string of the molecule is Cc1ccn(-c2nc(Cl)c(-c3c(F)cccc3F)n(CC(C)C)c2=O)n1. The average Bonchev–Trinajstić information content (AvgIpc) is 2.98. The van der Waals surface area contributed by atoms with E-state index in [1.807, 2.05) is 13.8 Å². The number of hydrogen-bond donors (Lipinski definition) is 0. The molecular weight excluding hydrogens is 362 g/mol. The number of aromatic nitrogens is 4. The number of rotatable bonds is 4. The van der Waals surface area contributed by atoms with E-state index < -0.39 is 17.2 Å². The molecule has 2 heterocycles. The second-order valence-corrected chi connectivity index (χ2v) is 6.74. The van der Waals surface area contributed by atoms with Crippen molar-refractivity contribution in [3.63, 3.8) is 0 Å². The molecule has 0 aliphatic carbocycles. The van der Waals surface area contributed by atoms with Crippen LogP contribution in [0.5, 0.6) is 0 Å². The molecule has 5 nitrogen and oxygen atoms in total. The minimum absolute atomic E-state index is 0.0238. The van der Waals surface area contributed by atoms with E-state index in [1.165, 1.54) is 15.3 Å². The third-order valence-corrected chi connectivity index (χ3v) is 4.06. The molecule has 26 heavy (non-hydrogen) atoms. The molecule has 0 N–H and O–H groups in total. The summed E-state index contributed by atoms with van der Waals surface area (Å²) in [6, 6.07) is 5.20. The van der Waals surface area contributed by atoms with Gasteiger partial charge in [0.1, 0.15) is 11.6 Å². The normalized spacial score (nSPS) is 11.3. The predicted molar refractivity (Wildman–Crippen MR) is 95.6 cm³/mol. The zero-order valence-corrected chi connectivity index (χ0v) is 15.3. The summed E-state index contributed by atoms with van der Waals surface area (Å²) in [5.41, 5.74) is -0.273. The Labute approximate surface area is 153 Å². The molecule has 0 radical (unpaired) electrons. The fraction of sp³-hybridized carbons (Fsp3) is 0.278. The fourth-order valence-corrected chi connectivity index (χ4v) is 2.99. The van der Waals surface area contributed by atoms with Gasteiger partial charge in [0.2, 0.25) is 5.82 Å². The van der Waals surface area contributed by atoms with Crippen molar-refractivity contribution in [2.45, 2.75) is 27.3 Å². The Balaban J connectivity index is 2.35. The molecule has 0 aliphatic rings. The topological polar surface area (TPSA) is 52.7 Å². The lowest BCUT2D eigenvalue weighted by molar-refractivity contribution is 0.506. The highest BCUT2D eigenvalue weighted by Crippen LogP contribution is 2.31. The van der Waals surface area contributed by atoms with E-state index in [-0.39, 0.29) is 34.7 Å². The van der Waals surface area contributed by atoms with Gasteiger partial charge in [0, 0.05) is 12.7 Å². The maximum absolute atomic E-state index is 14.3. The molecule has 8 heteroatoms. The molecule has 0 fully saturated rings. The third kappa shape index (κ3) is 3.26. The molecule has 0 saturated carbocycles. The first-order valence-corrected chi connectivity index (χ1v) is 8.44. The summed E-state index contributed by atoms with van der Waals surface area (Å²) in [4.78, 5) is 17.1. The molecular formula is C18H17ClF2N4O. The monoisotopic (exact) mass is 378 g/mol. The quantitative estimate of drug-likeness (QED) is 0.689. The van der Waals surface area contributed by atoms with E-state index in [2.05, 4.69) is 10.1 Å². The third-order valence-electron chi connectivity index (χ3n) is 3.79. The summed E-state index contributed by atoms with van der Waals surface area (Å²) in [7, 11) is 0. The average molecular weight is 379 g/mol. The summed E-state index contributed by atoms with van der Waals surface area (Å²) < 4.78 is 31.2. The maximum Gasteiger partial charge on any atom is 0.296 e. The van der Waals surface area contributed by atoms with E-state index in [0.29, 0.717) is 5.69 Å². The van der Waals surface area contributed by atoms with Crippen LogP contribution in [0.15, 0.2) is 35.3 Å². The van der Waals surface area contributed by atoms with Gasteiger partial charge < -0.3 is 4.57 Å². The molecule has 0 saturated heterocycles. The lowest BCUT2D eigenvalue weighted by atomic mass is 10.1. The van der Waals surface area contributed by atoms with Gasteiger partial charge in [0.25, 0.3) is 5.56 Å². The van der Waals surface area contributed by atoms with Crippen LogP contribution in [0.1, 0.15) is 19.5 Å². The Morgan fingerprint density at radius 1 is 1.19 bits per heavy atom. The molecule has 0 atom stereocenters. The highest BCUT2D eigenvalue weighted by molar-refractivity contribution is 6.31. The largest absolute Gasteiger partial charge is 0.302 e. The molecule has 0 bridgehead atoms. The zero-order valence-electron chi connectivity index (χ0n) is 14.5. The van der Waals surface area contributed by atoms with E-state index in [4.69, 9.17) is 11.6 Å². The highest BCUT2D eigenvalue weighted by Gasteiger charge is 2.23. The molecule has 0 amide bonds. The van der Waals surface area contributed by atoms with Crippen molar-refractivity contribution in [1.29, 1.82) is 0 Å². The van der Waals surface area contributed by atoms with Crippen LogP contribution in [-0.4, -0.2) is 19.3 Å². The van der Waals surface area contributed by atoms with E-state index in [0.717, 1.165) is 12.1 Å². The number of benzene rings is 1. The Morgan fingerprint density at radius 3 is 2.38 bits per heavy atom. The molecule has 136 valence electrons. The Bertz CT molecular complexity index is 1010. The predicted octanol–water partition coefficient (Wildman–Crippen LogP) is 3.99. The summed E-state index contributed by atoms with van der Waals surface area (Å²) in [5, 5.41) is 4.01. The van der Waals surface area contributed by atoms with Crippen LogP contribution in [0, 0.1) is 24.5 Å². The first-order valence-electron chi connectivity index (χ1n) is 8.07. The van der Waals surface area contributed by atoms with Crippen molar-refractivity contribution in [2.75, 3.05) is 0 Å². The molecule has 0 unspecified atom stereocenters. The van der Waals surface area contributed by atoms with E-state index in [9.17, 15) is 13.6 Å². The first-order chi connectivity index (χ1) is 12.3. The maximum atomic E-state index is 14.3. The second-order valence-electron chi connectivity index (χ2n) is 6.38.